The number of hydrogen-bond donors (Lipinski definition) is 0. The minimum Gasteiger partial charge on any atom is -0.497 e. The Morgan fingerprint density at radius 1 is 0.967 bits per heavy atom. The molecule has 1 saturated heterocycles. The molecule has 0 bridgehead atoms. The molecule has 1 amide bonds. The molecule has 0 aromatic heterocycles. The molecule has 0 aliphatic carbocycles. The summed E-state index contributed by atoms with van der Waals surface area (Å²) in [5, 5.41) is 0. The molecule has 1 aliphatic rings. The lowest BCUT2D eigenvalue weighted by Gasteiger charge is -2.24. The summed E-state index contributed by atoms with van der Waals surface area (Å²) in [6.07, 6.45) is -3.50. The first-order chi connectivity index (χ1) is 14.4. The molecule has 5 nitrogen and oxygen atoms in total. The lowest BCUT2D eigenvalue weighted by molar-refractivity contribution is -0.176. The third-order valence-corrected chi connectivity index (χ3v) is 4.96. The third kappa shape index (κ3) is 6.13. The summed E-state index contributed by atoms with van der Waals surface area (Å²) >= 11 is 0. The van der Waals surface area contributed by atoms with Crippen LogP contribution in [0.1, 0.15) is 22.3 Å². The number of benzene rings is 2. The van der Waals surface area contributed by atoms with Gasteiger partial charge in [0.05, 0.1) is 13.7 Å². The summed E-state index contributed by atoms with van der Waals surface area (Å²) in [5.74, 6) is 0.729. The van der Waals surface area contributed by atoms with Crippen LogP contribution >= 0.6 is 0 Å². The number of alkyl halides is 3. The predicted octanol–water partition coefficient (Wildman–Crippen LogP) is 4.13. The van der Waals surface area contributed by atoms with Gasteiger partial charge in [-0.3, -0.25) is 4.79 Å². The van der Waals surface area contributed by atoms with E-state index in [2.05, 4.69) is 9.64 Å². The van der Waals surface area contributed by atoms with E-state index in [0.29, 0.717) is 24.2 Å². The van der Waals surface area contributed by atoms with Gasteiger partial charge >= 0.3 is 6.18 Å². The lowest BCUT2D eigenvalue weighted by Crippen LogP contribution is -2.35. The molecular formula is C22H25F3N2O3. The van der Waals surface area contributed by atoms with Crippen LogP contribution in [0.2, 0.25) is 0 Å². The van der Waals surface area contributed by atoms with Gasteiger partial charge in [-0.25, -0.2) is 0 Å². The largest absolute Gasteiger partial charge is 0.497 e. The Morgan fingerprint density at radius 2 is 1.67 bits per heavy atom. The summed E-state index contributed by atoms with van der Waals surface area (Å²) in [6, 6.07) is 14.4. The van der Waals surface area contributed by atoms with Crippen molar-refractivity contribution in [3.63, 3.8) is 0 Å². The molecule has 1 heterocycles. The fourth-order valence-electron chi connectivity index (χ4n) is 3.38. The Bertz CT molecular complexity index is 823. The Balaban J connectivity index is 1.55. The smallest absolute Gasteiger partial charge is 0.411 e. The first kappa shape index (κ1) is 22.0. The number of halogens is 3. The van der Waals surface area contributed by atoms with E-state index < -0.39 is 12.8 Å². The van der Waals surface area contributed by atoms with Crippen molar-refractivity contribution in [3.8, 4) is 5.75 Å². The quantitative estimate of drug-likeness (QED) is 0.702. The van der Waals surface area contributed by atoms with Gasteiger partial charge in [-0.2, -0.15) is 13.2 Å². The van der Waals surface area contributed by atoms with Crippen molar-refractivity contribution in [1.29, 1.82) is 0 Å². The van der Waals surface area contributed by atoms with Gasteiger partial charge in [0.1, 0.15) is 12.4 Å². The first-order valence-electron chi connectivity index (χ1n) is 9.77. The van der Waals surface area contributed by atoms with Gasteiger partial charge in [-0.05, 0) is 48.4 Å². The van der Waals surface area contributed by atoms with E-state index in [0.717, 1.165) is 30.9 Å². The van der Waals surface area contributed by atoms with Crippen molar-refractivity contribution in [2.75, 3.05) is 44.8 Å². The van der Waals surface area contributed by atoms with Gasteiger partial charge in [0.2, 0.25) is 0 Å². The van der Waals surface area contributed by atoms with Crippen molar-refractivity contribution < 1.29 is 27.4 Å². The SMILES string of the molecule is COc1ccc(N2CCCN(C(=O)c3ccc(COCC(F)(F)F)cc3)CC2)cc1. The molecule has 0 spiro atoms. The highest BCUT2D eigenvalue weighted by Gasteiger charge is 2.27. The van der Waals surface area contributed by atoms with Crippen LogP contribution in [-0.2, 0) is 11.3 Å². The maximum atomic E-state index is 12.8. The number of methoxy groups -OCH3 is 1. The number of hydrogen-bond acceptors (Lipinski definition) is 4. The van der Waals surface area contributed by atoms with E-state index in [1.54, 1.807) is 31.4 Å². The Hall–Kier alpha value is -2.74. The fourth-order valence-corrected chi connectivity index (χ4v) is 3.38. The maximum absolute atomic E-state index is 12.8. The summed E-state index contributed by atoms with van der Waals surface area (Å²) in [5.41, 5.74) is 2.21. The van der Waals surface area contributed by atoms with Gasteiger partial charge in [-0.1, -0.05) is 12.1 Å². The minimum absolute atomic E-state index is 0.0747. The van der Waals surface area contributed by atoms with Crippen LogP contribution in [0.15, 0.2) is 48.5 Å². The highest BCUT2D eigenvalue weighted by molar-refractivity contribution is 5.94. The number of amides is 1. The highest BCUT2D eigenvalue weighted by Crippen LogP contribution is 2.21. The Kier molecular flexibility index (Phi) is 7.20. The first-order valence-corrected chi connectivity index (χ1v) is 9.77. The van der Waals surface area contributed by atoms with Crippen molar-refractivity contribution in [2.45, 2.75) is 19.2 Å². The lowest BCUT2D eigenvalue weighted by atomic mass is 10.1. The number of rotatable bonds is 6. The molecule has 0 atom stereocenters. The van der Waals surface area contributed by atoms with E-state index >= 15 is 0 Å². The molecular weight excluding hydrogens is 397 g/mol. The molecule has 0 radical (unpaired) electrons. The number of carbonyl (C=O) groups is 1. The molecule has 2 aromatic rings. The zero-order valence-corrected chi connectivity index (χ0v) is 16.8. The zero-order valence-electron chi connectivity index (χ0n) is 16.8. The molecule has 3 rings (SSSR count). The van der Waals surface area contributed by atoms with Gasteiger partial charge in [0, 0.05) is 37.4 Å². The molecule has 1 fully saturated rings. The number of ether oxygens (including phenoxy) is 2. The average Bonchev–Trinajstić information content (AvgIpc) is 2.99. The molecule has 0 unspecified atom stereocenters. The predicted molar refractivity (Wildman–Crippen MR) is 108 cm³/mol. The van der Waals surface area contributed by atoms with E-state index in [1.807, 2.05) is 29.2 Å². The summed E-state index contributed by atoms with van der Waals surface area (Å²) in [6.45, 7) is 1.40. The summed E-state index contributed by atoms with van der Waals surface area (Å²) in [7, 11) is 1.63. The van der Waals surface area contributed by atoms with Gasteiger partial charge in [0.15, 0.2) is 0 Å². The van der Waals surface area contributed by atoms with Gasteiger partial charge in [0.25, 0.3) is 5.91 Å². The molecule has 8 heteroatoms. The summed E-state index contributed by atoms with van der Waals surface area (Å²) < 4.78 is 46.3. The van der Waals surface area contributed by atoms with Crippen LogP contribution in [0.25, 0.3) is 0 Å². The maximum Gasteiger partial charge on any atom is 0.411 e. The van der Waals surface area contributed by atoms with Gasteiger partial charge in [-0.15, -0.1) is 0 Å². The Labute approximate surface area is 174 Å². The molecule has 0 N–H and O–H groups in total. The molecule has 0 saturated carbocycles. The monoisotopic (exact) mass is 422 g/mol. The van der Waals surface area contributed by atoms with Crippen molar-refractivity contribution in [3.05, 3.63) is 59.7 Å². The second-order valence-corrected chi connectivity index (χ2v) is 7.14. The standard InChI is InChI=1S/C22H25F3N2O3/c1-29-20-9-7-19(8-10-20)26-11-2-12-27(14-13-26)21(28)18-5-3-17(4-6-18)15-30-16-22(23,24)25/h3-10H,2,11-16H2,1H3. The second kappa shape index (κ2) is 9.84. The van der Waals surface area contributed by atoms with E-state index in [4.69, 9.17) is 4.74 Å². The number of carbonyl (C=O) groups excluding carboxylic acids is 1. The van der Waals surface area contributed by atoms with Crippen molar-refractivity contribution in [2.24, 2.45) is 0 Å². The fraction of sp³-hybridized carbons (Fsp3) is 0.409. The normalized spacial score (nSPS) is 15.1. The van der Waals surface area contributed by atoms with Crippen molar-refractivity contribution >= 4 is 11.6 Å². The van der Waals surface area contributed by atoms with Crippen molar-refractivity contribution in [1.82, 2.24) is 4.90 Å². The van der Waals surface area contributed by atoms with E-state index in [-0.39, 0.29) is 12.5 Å². The molecule has 2 aromatic carbocycles. The topological polar surface area (TPSA) is 42.0 Å². The molecule has 162 valence electrons. The average molecular weight is 422 g/mol. The van der Waals surface area contributed by atoms with Crippen LogP contribution in [0.4, 0.5) is 18.9 Å². The second-order valence-electron chi connectivity index (χ2n) is 7.14. The van der Waals surface area contributed by atoms with Crippen LogP contribution in [0.5, 0.6) is 5.75 Å². The number of anilines is 1. The molecule has 1 aliphatic heterocycles. The van der Waals surface area contributed by atoms with Crippen LogP contribution in [-0.4, -0.2) is 56.9 Å². The van der Waals surface area contributed by atoms with Crippen LogP contribution < -0.4 is 9.64 Å². The highest BCUT2D eigenvalue weighted by atomic mass is 19.4. The minimum atomic E-state index is -4.34. The van der Waals surface area contributed by atoms with Crippen LogP contribution in [0, 0.1) is 0 Å². The molecule has 30 heavy (non-hydrogen) atoms. The summed E-state index contributed by atoms with van der Waals surface area (Å²) in [4.78, 5) is 16.9. The number of nitrogens with zero attached hydrogens (tertiary/aromatic N) is 2. The Morgan fingerprint density at radius 3 is 2.30 bits per heavy atom. The van der Waals surface area contributed by atoms with E-state index in [9.17, 15) is 18.0 Å². The van der Waals surface area contributed by atoms with Gasteiger partial charge < -0.3 is 19.3 Å². The van der Waals surface area contributed by atoms with E-state index in [1.165, 1.54) is 0 Å². The third-order valence-electron chi connectivity index (χ3n) is 4.96. The zero-order chi connectivity index (χ0) is 21.6. The van der Waals surface area contributed by atoms with Crippen LogP contribution in [0.3, 0.4) is 0 Å².